The summed E-state index contributed by atoms with van der Waals surface area (Å²) < 4.78 is 1.83. The molecule has 0 spiro atoms. The number of rotatable bonds is 0. The van der Waals surface area contributed by atoms with E-state index in [0.29, 0.717) is 5.02 Å². The van der Waals surface area contributed by atoms with Crippen molar-refractivity contribution < 1.29 is 0 Å². The summed E-state index contributed by atoms with van der Waals surface area (Å²) in [6, 6.07) is 5.68. The highest BCUT2D eigenvalue weighted by Crippen LogP contribution is 2.40. The molecular weight excluding hydrogens is 231 g/mol. The number of thiophene rings is 1. The second-order valence-electron chi connectivity index (χ2n) is 2.34. The van der Waals surface area contributed by atoms with Crippen LogP contribution in [-0.4, -0.2) is 0 Å². The van der Waals surface area contributed by atoms with E-state index < -0.39 is 0 Å². The molecule has 2 rings (SSSR count). The summed E-state index contributed by atoms with van der Waals surface area (Å²) in [6.07, 6.45) is 0. The van der Waals surface area contributed by atoms with Crippen LogP contribution in [0.3, 0.4) is 0 Å². The first kappa shape index (κ1) is 8.70. The van der Waals surface area contributed by atoms with Gasteiger partial charge < -0.3 is 0 Å². The van der Waals surface area contributed by atoms with Crippen molar-refractivity contribution in [3.8, 4) is 0 Å². The Labute approximate surface area is 89.5 Å². The Morgan fingerprint density at radius 2 is 2.00 bits per heavy atom. The van der Waals surface area contributed by atoms with Crippen LogP contribution in [0.5, 0.6) is 0 Å². The minimum atomic E-state index is 0.695. The molecule has 0 aliphatic rings. The van der Waals surface area contributed by atoms with Crippen LogP contribution in [0, 0.1) is 0 Å². The van der Waals surface area contributed by atoms with Crippen LogP contribution >= 0.6 is 47.2 Å². The molecule has 0 radical (unpaired) electrons. The predicted octanol–water partition coefficient (Wildman–Crippen LogP) is 4.50. The van der Waals surface area contributed by atoms with Crippen molar-refractivity contribution in [2.24, 2.45) is 0 Å². The van der Waals surface area contributed by atoms with E-state index in [1.54, 1.807) is 0 Å². The van der Waals surface area contributed by atoms with Crippen molar-refractivity contribution >= 4 is 57.3 Å². The molecule has 0 N–H and O–H groups in total. The number of halogens is 2. The van der Waals surface area contributed by atoms with Crippen LogP contribution in [0.25, 0.3) is 10.1 Å². The highest BCUT2D eigenvalue weighted by molar-refractivity contribution is 7.83. The molecule has 0 atom stereocenters. The zero-order valence-corrected chi connectivity index (χ0v) is 9.07. The molecule has 62 valence electrons. The van der Waals surface area contributed by atoms with Gasteiger partial charge in [-0.2, -0.15) is 0 Å². The van der Waals surface area contributed by atoms with Crippen molar-refractivity contribution in [3.05, 3.63) is 28.2 Å². The summed E-state index contributed by atoms with van der Waals surface area (Å²) in [7, 11) is 0. The van der Waals surface area contributed by atoms with E-state index in [-0.39, 0.29) is 0 Å². The molecule has 12 heavy (non-hydrogen) atoms. The maximum absolute atomic E-state index is 5.99. The highest BCUT2D eigenvalue weighted by Gasteiger charge is 2.08. The van der Waals surface area contributed by atoms with E-state index in [2.05, 4.69) is 12.6 Å². The van der Waals surface area contributed by atoms with Crippen LogP contribution in [0.15, 0.2) is 22.4 Å². The van der Waals surface area contributed by atoms with Crippen LogP contribution in [0.2, 0.25) is 10.0 Å². The number of hydrogen-bond donors (Lipinski definition) is 1. The average molecular weight is 235 g/mol. The van der Waals surface area contributed by atoms with Crippen molar-refractivity contribution in [2.45, 2.75) is 4.21 Å². The van der Waals surface area contributed by atoms with Crippen molar-refractivity contribution in [2.75, 3.05) is 0 Å². The van der Waals surface area contributed by atoms with Gasteiger partial charge in [-0.25, -0.2) is 0 Å². The number of thiol groups is 1. The zero-order chi connectivity index (χ0) is 8.72. The predicted molar refractivity (Wildman–Crippen MR) is 59.1 cm³/mol. The summed E-state index contributed by atoms with van der Waals surface area (Å²) in [4.78, 5) is 0. The maximum atomic E-state index is 5.99. The first-order chi connectivity index (χ1) is 5.70. The molecule has 0 bridgehead atoms. The molecule has 0 fully saturated rings. The van der Waals surface area contributed by atoms with Gasteiger partial charge in [0.1, 0.15) is 0 Å². The minimum Gasteiger partial charge on any atom is -0.131 e. The summed E-state index contributed by atoms with van der Waals surface area (Å²) in [5, 5.41) is 2.42. The Kier molecular flexibility index (Phi) is 2.25. The smallest absolute Gasteiger partial charge is 0.0768 e. The third kappa shape index (κ3) is 1.23. The van der Waals surface area contributed by atoms with Gasteiger partial charge in [0.15, 0.2) is 0 Å². The lowest BCUT2D eigenvalue weighted by molar-refractivity contribution is 1.77. The zero-order valence-electron chi connectivity index (χ0n) is 5.84. The normalized spacial score (nSPS) is 10.9. The number of benzene rings is 1. The van der Waals surface area contributed by atoms with Gasteiger partial charge in [-0.3, -0.25) is 0 Å². The molecule has 0 unspecified atom stereocenters. The quantitative estimate of drug-likeness (QED) is 0.638. The molecule has 0 aliphatic heterocycles. The Morgan fingerprint density at radius 3 is 2.67 bits per heavy atom. The SMILES string of the molecule is Sc1sc2c(Cl)cccc2c1Cl. The van der Waals surface area contributed by atoms with Crippen LogP contribution < -0.4 is 0 Å². The third-order valence-electron chi connectivity index (χ3n) is 1.59. The molecule has 1 aromatic carbocycles. The summed E-state index contributed by atoms with van der Waals surface area (Å²) >= 11 is 17.7. The van der Waals surface area contributed by atoms with Crippen LogP contribution in [0.4, 0.5) is 0 Å². The summed E-state index contributed by atoms with van der Waals surface area (Å²) in [5.74, 6) is 0. The first-order valence-corrected chi connectivity index (χ1v) is 5.27. The fraction of sp³-hybridized carbons (Fsp3) is 0. The molecule has 1 heterocycles. The van der Waals surface area contributed by atoms with Crippen molar-refractivity contribution in [1.29, 1.82) is 0 Å². The molecule has 4 heteroatoms. The molecule has 0 nitrogen and oxygen atoms in total. The lowest BCUT2D eigenvalue weighted by Crippen LogP contribution is -1.64. The number of hydrogen-bond acceptors (Lipinski definition) is 2. The lowest BCUT2D eigenvalue weighted by Gasteiger charge is -1.90. The fourth-order valence-corrected chi connectivity index (χ4v) is 2.89. The summed E-state index contributed by atoms with van der Waals surface area (Å²) in [5.41, 5.74) is 0. The van der Waals surface area contributed by atoms with E-state index in [9.17, 15) is 0 Å². The van der Waals surface area contributed by atoms with Gasteiger partial charge >= 0.3 is 0 Å². The van der Waals surface area contributed by atoms with E-state index in [0.717, 1.165) is 19.3 Å². The van der Waals surface area contributed by atoms with Gasteiger partial charge in [0, 0.05) is 5.39 Å². The Hall–Kier alpha value is 0.110. The second-order valence-corrected chi connectivity index (χ2v) is 4.89. The van der Waals surface area contributed by atoms with E-state index in [1.165, 1.54) is 11.3 Å². The molecule has 0 saturated carbocycles. The average Bonchev–Trinajstić information content (AvgIpc) is 2.32. The first-order valence-electron chi connectivity index (χ1n) is 3.25. The van der Waals surface area contributed by atoms with Crippen LogP contribution in [-0.2, 0) is 0 Å². The van der Waals surface area contributed by atoms with Gasteiger partial charge in [0.05, 0.1) is 19.0 Å². The van der Waals surface area contributed by atoms with Gasteiger partial charge in [-0.15, -0.1) is 24.0 Å². The Bertz CT molecular complexity index is 434. The maximum Gasteiger partial charge on any atom is 0.0768 e. The van der Waals surface area contributed by atoms with Gasteiger partial charge in [-0.05, 0) is 6.07 Å². The number of fused-ring (bicyclic) bond motifs is 1. The Balaban J connectivity index is 2.95. The largest absolute Gasteiger partial charge is 0.131 e. The van der Waals surface area contributed by atoms with Crippen molar-refractivity contribution in [1.82, 2.24) is 0 Å². The van der Waals surface area contributed by atoms with E-state index in [4.69, 9.17) is 23.2 Å². The van der Waals surface area contributed by atoms with E-state index in [1.807, 2.05) is 18.2 Å². The molecular formula is C8H4Cl2S2. The second kappa shape index (κ2) is 3.11. The molecule has 0 aliphatic carbocycles. The fourth-order valence-electron chi connectivity index (χ4n) is 1.04. The lowest BCUT2D eigenvalue weighted by atomic mass is 10.3. The molecule has 1 aromatic heterocycles. The van der Waals surface area contributed by atoms with Gasteiger partial charge in [0.2, 0.25) is 0 Å². The molecule has 2 aromatic rings. The standard InChI is InChI=1S/C8H4Cl2S2/c9-5-3-1-2-4-6(10)8(11)12-7(4)5/h1-3,11H. The van der Waals surface area contributed by atoms with E-state index >= 15 is 0 Å². The topological polar surface area (TPSA) is 0 Å². The van der Waals surface area contributed by atoms with Gasteiger partial charge in [0.25, 0.3) is 0 Å². The molecule has 0 saturated heterocycles. The molecule has 0 amide bonds. The highest BCUT2D eigenvalue weighted by atomic mass is 35.5. The van der Waals surface area contributed by atoms with Crippen LogP contribution in [0.1, 0.15) is 0 Å². The minimum absolute atomic E-state index is 0.695. The Morgan fingerprint density at radius 1 is 1.25 bits per heavy atom. The van der Waals surface area contributed by atoms with Gasteiger partial charge in [-0.1, -0.05) is 35.3 Å². The summed E-state index contributed by atoms with van der Waals surface area (Å²) in [6.45, 7) is 0. The third-order valence-corrected chi connectivity index (χ3v) is 4.19. The monoisotopic (exact) mass is 234 g/mol. The van der Waals surface area contributed by atoms with Crippen molar-refractivity contribution in [3.63, 3.8) is 0 Å².